The molecular weight excluding hydrogens is 536 g/mol. The number of rotatable bonds is 8. The number of imidazole rings is 1. The van der Waals surface area contributed by atoms with E-state index in [1.165, 1.54) is 0 Å². The quantitative estimate of drug-likeness (QED) is 0.395. The van der Waals surface area contributed by atoms with Gasteiger partial charge in [-0.1, -0.05) is 24.2 Å². The minimum Gasteiger partial charge on any atom is -0.375 e. The third-order valence-corrected chi connectivity index (χ3v) is 9.22. The number of amides is 2. The first kappa shape index (κ1) is 27.8. The zero-order valence-corrected chi connectivity index (χ0v) is 24.8. The van der Waals surface area contributed by atoms with Crippen molar-refractivity contribution in [3.8, 4) is 0 Å². The Hall–Kier alpha value is -3.36. The minimum absolute atomic E-state index is 0.0969. The Morgan fingerprint density at radius 3 is 2.61 bits per heavy atom. The molecule has 1 aromatic heterocycles. The topological polar surface area (TPSA) is 84.6 Å². The van der Waals surface area contributed by atoms with E-state index < -0.39 is 0 Å². The van der Waals surface area contributed by atoms with Crippen LogP contribution >= 0.6 is 11.6 Å². The summed E-state index contributed by atoms with van der Waals surface area (Å²) in [7, 11) is 2.14. The fourth-order valence-electron chi connectivity index (χ4n) is 6.85. The lowest BCUT2D eigenvalue weighted by Gasteiger charge is -2.46. The van der Waals surface area contributed by atoms with Gasteiger partial charge in [-0.25, -0.2) is 4.98 Å². The largest absolute Gasteiger partial charge is 0.375 e. The fourth-order valence-corrected chi connectivity index (χ4v) is 7.02. The van der Waals surface area contributed by atoms with E-state index in [4.69, 9.17) is 16.6 Å². The zero-order chi connectivity index (χ0) is 28.7. The number of hydrogen-bond acceptors (Lipinski definition) is 5. The van der Waals surface area contributed by atoms with E-state index in [0.717, 1.165) is 97.8 Å². The molecule has 0 aliphatic carbocycles. The number of H-pyrrole nitrogens is 1. The molecule has 0 bridgehead atoms. The Labute approximate surface area is 246 Å². The van der Waals surface area contributed by atoms with Gasteiger partial charge in [0.05, 0.1) is 17.1 Å². The summed E-state index contributed by atoms with van der Waals surface area (Å²) in [6, 6.07) is 11.2. The molecule has 3 fully saturated rings. The second-order valence-electron chi connectivity index (χ2n) is 12.3. The number of benzene rings is 2. The lowest BCUT2D eigenvalue weighted by Crippen LogP contribution is -2.55. The highest BCUT2D eigenvalue weighted by Gasteiger charge is 2.47. The van der Waals surface area contributed by atoms with Gasteiger partial charge in [0, 0.05) is 67.4 Å². The van der Waals surface area contributed by atoms with Gasteiger partial charge in [-0.15, -0.1) is 0 Å². The predicted octanol–water partition coefficient (Wildman–Crippen LogP) is 5.01. The average molecular weight is 575 g/mol. The van der Waals surface area contributed by atoms with Gasteiger partial charge in [0.15, 0.2) is 0 Å². The molecule has 1 atom stereocenters. The van der Waals surface area contributed by atoms with Gasteiger partial charge in [-0.05, 0) is 81.1 Å². The molecule has 8 nitrogen and oxygen atoms in total. The third-order valence-electron chi connectivity index (χ3n) is 8.99. The second kappa shape index (κ2) is 11.1. The molecule has 4 heterocycles. The number of carbonyl (C=O) groups is 2. The van der Waals surface area contributed by atoms with Crippen molar-refractivity contribution in [3.63, 3.8) is 0 Å². The molecule has 1 spiro atoms. The maximum absolute atomic E-state index is 13.3. The summed E-state index contributed by atoms with van der Waals surface area (Å²) in [5.41, 5.74) is 5.26. The molecule has 3 saturated heterocycles. The normalized spacial score (nSPS) is 19.1. The van der Waals surface area contributed by atoms with Gasteiger partial charge in [0.25, 0.3) is 5.91 Å². The molecule has 2 amide bonds. The van der Waals surface area contributed by atoms with Crippen molar-refractivity contribution in [2.45, 2.75) is 45.1 Å². The Morgan fingerprint density at radius 1 is 1.10 bits per heavy atom. The number of likely N-dealkylation sites (tertiary alicyclic amines) is 3. The lowest BCUT2D eigenvalue weighted by atomic mass is 9.79. The first-order chi connectivity index (χ1) is 19.7. The van der Waals surface area contributed by atoms with E-state index in [1.807, 2.05) is 53.1 Å². The highest BCUT2D eigenvalue weighted by atomic mass is 35.5. The summed E-state index contributed by atoms with van der Waals surface area (Å²) < 4.78 is 0. The van der Waals surface area contributed by atoms with E-state index in [2.05, 4.69) is 28.8 Å². The highest BCUT2D eigenvalue weighted by molar-refractivity contribution is 6.31. The minimum atomic E-state index is -0.254. The summed E-state index contributed by atoms with van der Waals surface area (Å²) in [6.07, 6.45) is 4.20. The molecule has 216 valence electrons. The molecule has 0 radical (unpaired) electrons. The van der Waals surface area contributed by atoms with Gasteiger partial charge in [-0.3, -0.25) is 9.59 Å². The van der Waals surface area contributed by atoms with E-state index in [0.29, 0.717) is 17.9 Å². The number of nitrogens with one attached hydrogen (secondary N) is 2. The van der Waals surface area contributed by atoms with Gasteiger partial charge in [0.1, 0.15) is 5.82 Å². The number of carbonyl (C=O) groups excluding carboxylic acids is 2. The molecule has 6 rings (SSSR count). The summed E-state index contributed by atoms with van der Waals surface area (Å²) in [4.78, 5) is 40.8. The number of hydrogen-bond donors (Lipinski definition) is 2. The fraction of sp³-hybridized carbons (Fsp3) is 0.469. The Balaban J connectivity index is 1.18. The first-order valence-corrected chi connectivity index (χ1v) is 15.0. The van der Waals surface area contributed by atoms with Crippen LogP contribution in [0.5, 0.6) is 0 Å². The van der Waals surface area contributed by atoms with Crippen LogP contribution in [0.1, 0.15) is 65.5 Å². The van der Waals surface area contributed by atoms with Crippen LogP contribution in [-0.4, -0.2) is 82.8 Å². The average Bonchev–Trinajstić information content (AvgIpc) is 3.70. The summed E-state index contributed by atoms with van der Waals surface area (Å²) in [5, 5.41) is 4.19. The molecule has 2 aromatic carbocycles. The SMILES string of the molecule is C=C(N[C@@H](CCC(=O)N1CCC2(CN(C)C2)C1)c1nc2ccc(Cl)cc2[nH]1)c1ccc(C(=O)N2CCCC2)c(C)c1. The van der Waals surface area contributed by atoms with Crippen molar-refractivity contribution in [1.82, 2.24) is 30.0 Å². The van der Waals surface area contributed by atoms with Crippen LogP contribution in [0.25, 0.3) is 16.7 Å². The maximum Gasteiger partial charge on any atom is 0.254 e. The second-order valence-corrected chi connectivity index (χ2v) is 12.7. The van der Waals surface area contributed by atoms with Crippen molar-refractivity contribution in [3.05, 3.63) is 70.5 Å². The van der Waals surface area contributed by atoms with Gasteiger partial charge in [-0.2, -0.15) is 0 Å². The molecular formula is C32H39ClN6O2. The van der Waals surface area contributed by atoms with Crippen LogP contribution in [0.4, 0.5) is 0 Å². The summed E-state index contributed by atoms with van der Waals surface area (Å²) in [6.45, 7) is 11.8. The van der Waals surface area contributed by atoms with Crippen LogP contribution in [0.15, 0.2) is 43.0 Å². The molecule has 3 aliphatic heterocycles. The van der Waals surface area contributed by atoms with E-state index >= 15 is 0 Å². The number of aromatic nitrogens is 2. The molecule has 0 saturated carbocycles. The molecule has 9 heteroatoms. The van der Waals surface area contributed by atoms with Gasteiger partial charge < -0.3 is 25.0 Å². The van der Waals surface area contributed by atoms with Crippen LogP contribution in [0.3, 0.4) is 0 Å². The van der Waals surface area contributed by atoms with E-state index in [9.17, 15) is 9.59 Å². The maximum atomic E-state index is 13.3. The Kier molecular flexibility index (Phi) is 7.55. The monoisotopic (exact) mass is 574 g/mol. The number of nitrogens with zero attached hydrogens (tertiary/aromatic N) is 4. The Bertz CT molecular complexity index is 1490. The lowest BCUT2D eigenvalue weighted by molar-refractivity contribution is -0.131. The van der Waals surface area contributed by atoms with Crippen molar-refractivity contribution in [2.24, 2.45) is 5.41 Å². The standard InChI is InChI=1S/C32H39ClN6O2/c1-21-16-23(6-8-25(21)31(41)38-13-4-5-14-38)22(2)34-27(30-35-26-9-7-24(33)17-28(26)36-30)10-11-29(40)39-15-12-32(20-39)18-37(3)19-32/h6-9,16-17,27,34H,2,4-5,10-15,18-20H2,1,3H3,(H,35,36)/t27-/m0/s1. The zero-order valence-electron chi connectivity index (χ0n) is 24.0. The van der Waals surface area contributed by atoms with Crippen LogP contribution in [0, 0.1) is 12.3 Å². The first-order valence-electron chi connectivity index (χ1n) is 14.7. The number of fused-ring (bicyclic) bond motifs is 1. The van der Waals surface area contributed by atoms with Crippen molar-refractivity contribution in [1.29, 1.82) is 0 Å². The molecule has 3 aromatic rings. The Morgan fingerprint density at radius 2 is 1.88 bits per heavy atom. The highest BCUT2D eigenvalue weighted by Crippen LogP contribution is 2.39. The van der Waals surface area contributed by atoms with Crippen LogP contribution in [0.2, 0.25) is 5.02 Å². The molecule has 2 N–H and O–H groups in total. The third kappa shape index (κ3) is 5.72. The van der Waals surface area contributed by atoms with Crippen molar-refractivity contribution < 1.29 is 9.59 Å². The van der Waals surface area contributed by atoms with Crippen molar-refractivity contribution in [2.75, 3.05) is 46.3 Å². The van der Waals surface area contributed by atoms with Crippen LogP contribution in [-0.2, 0) is 4.79 Å². The molecule has 41 heavy (non-hydrogen) atoms. The smallest absolute Gasteiger partial charge is 0.254 e. The molecule has 3 aliphatic rings. The summed E-state index contributed by atoms with van der Waals surface area (Å²) >= 11 is 6.23. The van der Waals surface area contributed by atoms with Gasteiger partial charge >= 0.3 is 0 Å². The number of halogens is 1. The summed E-state index contributed by atoms with van der Waals surface area (Å²) in [5.74, 6) is 1.03. The van der Waals surface area contributed by atoms with Crippen molar-refractivity contribution >= 4 is 40.1 Å². The van der Waals surface area contributed by atoms with Crippen LogP contribution < -0.4 is 5.32 Å². The number of aryl methyl sites for hydroxylation is 1. The number of aromatic amines is 1. The molecule has 0 unspecified atom stereocenters. The van der Waals surface area contributed by atoms with E-state index in [1.54, 1.807) is 0 Å². The van der Waals surface area contributed by atoms with Gasteiger partial charge in [0.2, 0.25) is 5.91 Å². The van der Waals surface area contributed by atoms with E-state index in [-0.39, 0.29) is 23.3 Å². The predicted molar refractivity (Wildman–Crippen MR) is 163 cm³/mol.